The van der Waals surface area contributed by atoms with E-state index in [1.165, 1.54) is 6.20 Å². The van der Waals surface area contributed by atoms with Crippen molar-refractivity contribution in [3.05, 3.63) is 58.3 Å². The molecule has 108 valence electrons. The number of pyridine rings is 1. The summed E-state index contributed by atoms with van der Waals surface area (Å²) < 4.78 is 4.88. The van der Waals surface area contributed by atoms with Crippen LogP contribution in [0.25, 0.3) is 0 Å². The lowest BCUT2D eigenvalue weighted by atomic mass is 10.2. The summed E-state index contributed by atoms with van der Waals surface area (Å²) in [6.07, 6.45) is 1.35. The average molecular weight is 287 g/mol. The van der Waals surface area contributed by atoms with E-state index >= 15 is 0 Å². The number of hydrogen-bond donors (Lipinski definition) is 1. The molecule has 7 heteroatoms. The number of carbonyl (C=O) groups is 1. The van der Waals surface area contributed by atoms with Crippen LogP contribution >= 0.6 is 0 Å². The van der Waals surface area contributed by atoms with Gasteiger partial charge in [-0.25, -0.2) is 4.79 Å². The summed E-state index contributed by atoms with van der Waals surface area (Å²) in [6, 6.07) is 9.61. The quantitative estimate of drug-likeness (QED) is 0.516. The Morgan fingerprint density at radius 2 is 2.05 bits per heavy atom. The van der Waals surface area contributed by atoms with Crippen LogP contribution in [0.5, 0.6) is 0 Å². The molecule has 0 fully saturated rings. The zero-order valence-corrected chi connectivity index (χ0v) is 11.3. The van der Waals surface area contributed by atoms with Gasteiger partial charge in [0.1, 0.15) is 11.9 Å². The van der Waals surface area contributed by atoms with E-state index in [4.69, 9.17) is 4.74 Å². The number of esters is 1. The summed E-state index contributed by atoms with van der Waals surface area (Å²) in [5.41, 5.74) is 1.31. The van der Waals surface area contributed by atoms with Gasteiger partial charge in [0, 0.05) is 5.69 Å². The molecule has 1 aromatic heterocycles. The Balaban J connectivity index is 2.18. The van der Waals surface area contributed by atoms with Gasteiger partial charge in [-0.1, -0.05) is 0 Å². The second-order valence-corrected chi connectivity index (χ2v) is 4.05. The molecular formula is C14H13N3O4. The number of ether oxygens (including phenoxy) is 1. The van der Waals surface area contributed by atoms with E-state index in [0.29, 0.717) is 17.9 Å². The summed E-state index contributed by atoms with van der Waals surface area (Å²) in [5, 5.41) is 13.8. The fraction of sp³-hybridized carbons (Fsp3) is 0.143. The highest BCUT2D eigenvalue weighted by atomic mass is 16.6. The van der Waals surface area contributed by atoms with Gasteiger partial charge in [0.2, 0.25) is 0 Å². The molecule has 0 unspecified atom stereocenters. The maximum Gasteiger partial charge on any atom is 0.387 e. The van der Waals surface area contributed by atoms with E-state index in [-0.39, 0.29) is 11.5 Å². The maximum absolute atomic E-state index is 11.5. The van der Waals surface area contributed by atoms with Gasteiger partial charge in [-0.15, -0.1) is 0 Å². The van der Waals surface area contributed by atoms with Crippen LogP contribution in [0.1, 0.15) is 17.3 Å². The molecule has 0 atom stereocenters. The molecule has 1 N–H and O–H groups in total. The van der Waals surface area contributed by atoms with Crippen LogP contribution in [0.4, 0.5) is 17.2 Å². The number of anilines is 2. The van der Waals surface area contributed by atoms with E-state index in [1.807, 2.05) is 0 Å². The minimum Gasteiger partial charge on any atom is -0.462 e. The van der Waals surface area contributed by atoms with Gasteiger partial charge in [0.05, 0.1) is 12.2 Å². The first kappa shape index (κ1) is 14.4. The molecule has 0 saturated heterocycles. The summed E-state index contributed by atoms with van der Waals surface area (Å²) in [4.78, 5) is 25.5. The average Bonchev–Trinajstić information content (AvgIpc) is 2.48. The molecule has 1 heterocycles. The van der Waals surface area contributed by atoms with Crippen LogP contribution in [0.15, 0.2) is 42.6 Å². The Morgan fingerprint density at radius 1 is 1.33 bits per heavy atom. The second-order valence-electron chi connectivity index (χ2n) is 4.05. The Bertz CT molecular complexity index is 656. The van der Waals surface area contributed by atoms with E-state index in [0.717, 1.165) is 0 Å². The molecule has 1 aromatic carbocycles. The minimum absolute atomic E-state index is 0.257. The van der Waals surface area contributed by atoms with E-state index in [2.05, 4.69) is 10.3 Å². The molecule has 0 spiro atoms. The Hall–Kier alpha value is -2.96. The van der Waals surface area contributed by atoms with E-state index in [9.17, 15) is 14.9 Å². The van der Waals surface area contributed by atoms with Crippen molar-refractivity contribution in [3.8, 4) is 0 Å². The van der Waals surface area contributed by atoms with Crippen molar-refractivity contribution in [2.24, 2.45) is 0 Å². The topological polar surface area (TPSA) is 94.4 Å². The molecule has 0 saturated carbocycles. The molecule has 0 aliphatic heterocycles. The van der Waals surface area contributed by atoms with Crippen molar-refractivity contribution in [3.63, 3.8) is 0 Å². The van der Waals surface area contributed by atoms with Crippen LogP contribution < -0.4 is 5.32 Å². The molecule has 21 heavy (non-hydrogen) atoms. The zero-order valence-electron chi connectivity index (χ0n) is 11.3. The predicted octanol–water partition coefficient (Wildman–Crippen LogP) is 2.91. The molecular weight excluding hydrogens is 274 g/mol. The first-order valence-corrected chi connectivity index (χ1v) is 6.25. The molecule has 0 radical (unpaired) electrons. The summed E-state index contributed by atoms with van der Waals surface area (Å²) in [6.45, 7) is 2.04. The van der Waals surface area contributed by atoms with Crippen molar-refractivity contribution in [1.82, 2.24) is 4.98 Å². The monoisotopic (exact) mass is 287 g/mol. The largest absolute Gasteiger partial charge is 0.462 e. The van der Waals surface area contributed by atoms with E-state index < -0.39 is 10.9 Å². The van der Waals surface area contributed by atoms with Gasteiger partial charge < -0.3 is 20.2 Å². The molecule has 0 aliphatic carbocycles. The smallest absolute Gasteiger partial charge is 0.387 e. The van der Waals surface area contributed by atoms with E-state index in [1.54, 1.807) is 43.3 Å². The third kappa shape index (κ3) is 3.53. The number of benzene rings is 1. The van der Waals surface area contributed by atoms with Crippen LogP contribution in [0.2, 0.25) is 0 Å². The predicted molar refractivity (Wildman–Crippen MR) is 76.6 cm³/mol. The standard InChI is InChI=1S/C14H13N3O4/c1-2-21-14(18)10-5-7-11(8-6-10)16-12-4-3-9-15-13(12)17(19)20/h3-9,16H,2H2,1H3. The first-order chi connectivity index (χ1) is 10.1. The summed E-state index contributed by atoms with van der Waals surface area (Å²) in [7, 11) is 0. The molecule has 0 bridgehead atoms. The van der Waals surface area contributed by atoms with Crippen molar-refractivity contribution in [1.29, 1.82) is 0 Å². The second kappa shape index (κ2) is 6.47. The summed E-state index contributed by atoms with van der Waals surface area (Å²) in [5.74, 6) is -0.664. The molecule has 7 nitrogen and oxygen atoms in total. The van der Waals surface area contributed by atoms with Crippen LogP contribution in [-0.4, -0.2) is 22.5 Å². The fourth-order valence-electron chi connectivity index (χ4n) is 1.70. The number of nitro groups is 1. The highest BCUT2D eigenvalue weighted by Gasteiger charge is 2.14. The molecule has 2 aromatic rings. The molecule has 2 rings (SSSR count). The fourth-order valence-corrected chi connectivity index (χ4v) is 1.70. The first-order valence-electron chi connectivity index (χ1n) is 6.25. The molecule has 0 aliphatic rings. The number of hydrogen-bond acceptors (Lipinski definition) is 6. The Kier molecular flexibility index (Phi) is 4.45. The SMILES string of the molecule is CCOC(=O)c1ccc(Nc2cccnc2[N+](=O)[O-])cc1. The number of carbonyl (C=O) groups excluding carboxylic acids is 1. The molecule has 0 amide bonds. The van der Waals surface area contributed by atoms with Gasteiger partial charge in [-0.2, -0.15) is 0 Å². The normalized spacial score (nSPS) is 9.95. The minimum atomic E-state index is -0.560. The Labute approximate surface area is 120 Å². The van der Waals surface area contributed by atoms with Crippen LogP contribution in [0.3, 0.4) is 0 Å². The number of aromatic nitrogens is 1. The van der Waals surface area contributed by atoms with Crippen LogP contribution in [0, 0.1) is 10.1 Å². The zero-order chi connectivity index (χ0) is 15.2. The summed E-state index contributed by atoms with van der Waals surface area (Å²) >= 11 is 0. The van der Waals surface area contributed by atoms with Gasteiger partial charge in [0.15, 0.2) is 0 Å². The number of nitrogens with one attached hydrogen (secondary N) is 1. The third-order valence-corrected chi connectivity index (χ3v) is 2.63. The van der Waals surface area contributed by atoms with Gasteiger partial charge in [-0.05, 0) is 53.2 Å². The maximum atomic E-state index is 11.5. The lowest BCUT2D eigenvalue weighted by molar-refractivity contribution is -0.388. The highest BCUT2D eigenvalue weighted by Crippen LogP contribution is 2.24. The number of nitrogens with zero attached hydrogens (tertiary/aromatic N) is 2. The van der Waals surface area contributed by atoms with Gasteiger partial charge in [-0.3, -0.25) is 0 Å². The lowest BCUT2D eigenvalue weighted by Gasteiger charge is -2.07. The van der Waals surface area contributed by atoms with Crippen LogP contribution in [-0.2, 0) is 4.74 Å². The third-order valence-electron chi connectivity index (χ3n) is 2.63. The van der Waals surface area contributed by atoms with Gasteiger partial charge in [0.25, 0.3) is 0 Å². The highest BCUT2D eigenvalue weighted by molar-refractivity contribution is 5.90. The van der Waals surface area contributed by atoms with Crippen molar-refractivity contribution >= 4 is 23.2 Å². The van der Waals surface area contributed by atoms with Crippen molar-refractivity contribution in [2.75, 3.05) is 11.9 Å². The van der Waals surface area contributed by atoms with Crippen molar-refractivity contribution < 1.29 is 14.5 Å². The van der Waals surface area contributed by atoms with Crippen molar-refractivity contribution in [2.45, 2.75) is 6.92 Å². The Morgan fingerprint density at radius 3 is 2.67 bits per heavy atom. The lowest BCUT2D eigenvalue weighted by Crippen LogP contribution is -2.04. The number of rotatable bonds is 5. The van der Waals surface area contributed by atoms with Gasteiger partial charge >= 0.3 is 11.8 Å².